The first-order chi connectivity index (χ1) is 6.74. The molecule has 74 valence electrons. The number of nitrogen functional groups attached to an aromatic ring is 1. The number of rotatable bonds is 2. The molecular formula is C8H12N6. The molecule has 2 rings (SSSR count). The Morgan fingerprint density at radius 1 is 1.43 bits per heavy atom. The third-order valence-electron chi connectivity index (χ3n) is 2.20. The molecule has 0 radical (unpaired) electrons. The highest BCUT2D eigenvalue weighted by Crippen LogP contribution is 2.17. The van der Waals surface area contributed by atoms with Gasteiger partial charge >= 0.3 is 0 Å². The van der Waals surface area contributed by atoms with Crippen molar-refractivity contribution in [2.24, 2.45) is 5.73 Å². The Bertz CT molecular complexity index is 448. The Labute approximate surface area is 81.0 Å². The molecule has 6 heteroatoms. The summed E-state index contributed by atoms with van der Waals surface area (Å²) in [6.07, 6.45) is 3.12. The van der Waals surface area contributed by atoms with Crippen LogP contribution in [0.5, 0.6) is 0 Å². The van der Waals surface area contributed by atoms with Crippen LogP contribution in [0.2, 0.25) is 0 Å². The van der Waals surface area contributed by atoms with Gasteiger partial charge in [0.05, 0.1) is 6.33 Å². The molecule has 0 spiro atoms. The normalized spacial score (nSPS) is 13.3. The van der Waals surface area contributed by atoms with E-state index in [9.17, 15) is 0 Å². The van der Waals surface area contributed by atoms with Crippen molar-refractivity contribution in [1.82, 2.24) is 19.5 Å². The van der Waals surface area contributed by atoms with Gasteiger partial charge in [-0.1, -0.05) is 0 Å². The molecule has 0 saturated heterocycles. The largest absolute Gasteiger partial charge is 0.382 e. The van der Waals surface area contributed by atoms with E-state index < -0.39 is 0 Å². The summed E-state index contributed by atoms with van der Waals surface area (Å²) in [5.74, 6) is 0.401. The second-order valence-electron chi connectivity index (χ2n) is 3.17. The number of fused-ring (bicyclic) bond motifs is 1. The molecule has 0 amide bonds. The van der Waals surface area contributed by atoms with Crippen molar-refractivity contribution in [3.8, 4) is 0 Å². The van der Waals surface area contributed by atoms with Gasteiger partial charge < -0.3 is 16.0 Å². The van der Waals surface area contributed by atoms with Gasteiger partial charge in [0.2, 0.25) is 0 Å². The third-order valence-corrected chi connectivity index (χ3v) is 2.20. The zero-order chi connectivity index (χ0) is 10.1. The number of hydrogen-bond donors (Lipinski definition) is 2. The van der Waals surface area contributed by atoms with Crippen LogP contribution in [0.1, 0.15) is 13.0 Å². The fraction of sp³-hybridized carbons (Fsp3) is 0.375. The Kier molecular flexibility index (Phi) is 2.05. The summed E-state index contributed by atoms with van der Waals surface area (Å²) >= 11 is 0. The predicted octanol–water partition coefficient (Wildman–Crippen LogP) is -0.0718. The van der Waals surface area contributed by atoms with E-state index in [1.165, 1.54) is 6.33 Å². The number of imidazole rings is 1. The van der Waals surface area contributed by atoms with Gasteiger partial charge in [-0.25, -0.2) is 15.0 Å². The van der Waals surface area contributed by atoms with Gasteiger partial charge in [-0.15, -0.1) is 0 Å². The van der Waals surface area contributed by atoms with Crippen molar-refractivity contribution in [3.63, 3.8) is 0 Å². The molecule has 2 aromatic rings. The molecule has 2 heterocycles. The molecule has 1 atom stereocenters. The number of nitrogens with zero attached hydrogens (tertiary/aromatic N) is 4. The molecule has 0 unspecified atom stereocenters. The van der Waals surface area contributed by atoms with E-state index in [-0.39, 0.29) is 6.04 Å². The second kappa shape index (κ2) is 3.22. The predicted molar refractivity (Wildman–Crippen MR) is 53.5 cm³/mol. The van der Waals surface area contributed by atoms with Gasteiger partial charge in [-0.05, 0) is 6.92 Å². The monoisotopic (exact) mass is 192 g/mol. The molecule has 4 N–H and O–H groups in total. The second-order valence-corrected chi connectivity index (χ2v) is 3.17. The summed E-state index contributed by atoms with van der Waals surface area (Å²) in [6.45, 7) is 2.54. The van der Waals surface area contributed by atoms with Crippen LogP contribution in [0.15, 0.2) is 12.7 Å². The lowest BCUT2D eigenvalue weighted by molar-refractivity contribution is 0.569. The first-order valence-corrected chi connectivity index (χ1v) is 4.37. The van der Waals surface area contributed by atoms with Crippen LogP contribution in [-0.2, 0) is 0 Å². The van der Waals surface area contributed by atoms with Crippen LogP contribution in [0, 0.1) is 0 Å². The van der Waals surface area contributed by atoms with Crippen LogP contribution in [0.3, 0.4) is 0 Å². The smallest absolute Gasteiger partial charge is 0.165 e. The maximum Gasteiger partial charge on any atom is 0.165 e. The molecule has 0 aliphatic heterocycles. The fourth-order valence-electron chi connectivity index (χ4n) is 1.31. The van der Waals surface area contributed by atoms with Crippen LogP contribution >= 0.6 is 0 Å². The maximum absolute atomic E-state index is 5.65. The topological polar surface area (TPSA) is 95.6 Å². The highest BCUT2D eigenvalue weighted by molar-refractivity contribution is 5.81. The Morgan fingerprint density at radius 3 is 2.93 bits per heavy atom. The number of hydrogen-bond acceptors (Lipinski definition) is 5. The Balaban J connectivity index is 2.63. The van der Waals surface area contributed by atoms with Gasteiger partial charge in [-0.3, -0.25) is 0 Å². The van der Waals surface area contributed by atoms with Crippen molar-refractivity contribution in [3.05, 3.63) is 12.7 Å². The highest BCUT2D eigenvalue weighted by atomic mass is 15.1. The standard InChI is InChI=1S/C8H12N6/c1-5(2-9)14-4-13-6-7(10)11-3-12-8(6)14/h3-5H,2,9H2,1H3,(H2,10,11,12)/t5-/m1/s1. The Hall–Kier alpha value is -1.69. The van der Waals surface area contributed by atoms with E-state index in [1.54, 1.807) is 6.33 Å². The van der Waals surface area contributed by atoms with Crippen molar-refractivity contribution >= 4 is 17.0 Å². The lowest BCUT2D eigenvalue weighted by Crippen LogP contribution is -2.15. The van der Waals surface area contributed by atoms with E-state index in [4.69, 9.17) is 11.5 Å². The summed E-state index contributed by atoms with van der Waals surface area (Å²) in [7, 11) is 0. The minimum absolute atomic E-state index is 0.161. The van der Waals surface area contributed by atoms with Crippen molar-refractivity contribution in [1.29, 1.82) is 0 Å². The van der Waals surface area contributed by atoms with E-state index in [0.717, 1.165) is 5.65 Å². The minimum atomic E-state index is 0.161. The van der Waals surface area contributed by atoms with E-state index in [2.05, 4.69) is 15.0 Å². The molecule has 0 bridgehead atoms. The van der Waals surface area contributed by atoms with Gasteiger partial charge in [0.15, 0.2) is 11.5 Å². The van der Waals surface area contributed by atoms with Gasteiger partial charge in [-0.2, -0.15) is 0 Å². The molecular weight excluding hydrogens is 180 g/mol. The van der Waals surface area contributed by atoms with Crippen molar-refractivity contribution in [2.45, 2.75) is 13.0 Å². The van der Waals surface area contributed by atoms with Crippen LogP contribution < -0.4 is 11.5 Å². The quantitative estimate of drug-likeness (QED) is 0.694. The van der Waals surface area contributed by atoms with Crippen molar-refractivity contribution in [2.75, 3.05) is 12.3 Å². The molecule has 14 heavy (non-hydrogen) atoms. The summed E-state index contributed by atoms with van der Waals surface area (Å²) < 4.78 is 1.90. The zero-order valence-corrected chi connectivity index (χ0v) is 7.88. The van der Waals surface area contributed by atoms with Gasteiger partial charge in [0.1, 0.15) is 11.8 Å². The SMILES string of the molecule is C[C@H](CN)n1cnc2c(N)ncnc21. The van der Waals surface area contributed by atoms with E-state index in [0.29, 0.717) is 17.9 Å². The van der Waals surface area contributed by atoms with Crippen LogP contribution in [-0.4, -0.2) is 26.1 Å². The highest BCUT2D eigenvalue weighted by Gasteiger charge is 2.10. The lowest BCUT2D eigenvalue weighted by atomic mass is 10.3. The van der Waals surface area contributed by atoms with Gasteiger partial charge in [0.25, 0.3) is 0 Å². The molecule has 6 nitrogen and oxygen atoms in total. The number of nitrogens with two attached hydrogens (primary N) is 2. The molecule has 0 aliphatic rings. The molecule has 0 fully saturated rings. The molecule has 0 aromatic carbocycles. The lowest BCUT2D eigenvalue weighted by Gasteiger charge is -2.10. The first kappa shape index (κ1) is 8.89. The minimum Gasteiger partial charge on any atom is -0.382 e. The molecule has 0 aliphatic carbocycles. The Morgan fingerprint density at radius 2 is 2.21 bits per heavy atom. The summed E-state index contributed by atoms with van der Waals surface area (Å²) in [5.41, 5.74) is 12.6. The fourth-order valence-corrected chi connectivity index (χ4v) is 1.31. The zero-order valence-electron chi connectivity index (χ0n) is 7.88. The van der Waals surface area contributed by atoms with Crippen molar-refractivity contribution < 1.29 is 0 Å². The van der Waals surface area contributed by atoms with Crippen LogP contribution in [0.25, 0.3) is 11.2 Å². The third kappa shape index (κ3) is 1.20. The van der Waals surface area contributed by atoms with Gasteiger partial charge in [0, 0.05) is 12.6 Å². The summed E-state index contributed by atoms with van der Waals surface area (Å²) in [6, 6.07) is 0.161. The number of aromatic nitrogens is 4. The average Bonchev–Trinajstić information content (AvgIpc) is 2.62. The number of anilines is 1. The van der Waals surface area contributed by atoms with E-state index >= 15 is 0 Å². The maximum atomic E-state index is 5.65. The van der Waals surface area contributed by atoms with E-state index in [1.807, 2.05) is 11.5 Å². The van der Waals surface area contributed by atoms with Crippen LogP contribution in [0.4, 0.5) is 5.82 Å². The summed E-state index contributed by atoms with van der Waals surface area (Å²) in [4.78, 5) is 12.1. The first-order valence-electron chi connectivity index (χ1n) is 4.37. The average molecular weight is 192 g/mol. The molecule has 0 saturated carbocycles. The molecule has 2 aromatic heterocycles. The summed E-state index contributed by atoms with van der Waals surface area (Å²) in [5, 5.41) is 0.